The van der Waals surface area contributed by atoms with Gasteiger partial charge in [-0.15, -0.1) is 0 Å². The second-order valence-electron chi connectivity index (χ2n) is 16.4. The Bertz CT molecular complexity index is 1000. The highest BCUT2D eigenvalue weighted by Gasteiger charge is 2.84. The van der Waals surface area contributed by atoms with Crippen LogP contribution in [0.2, 0.25) is 0 Å². The molecule has 220 valence electrons. The molecule has 14 atom stereocenters. The number of nitrogens with zero attached hydrogens (tertiary/aromatic N) is 1. The van der Waals surface area contributed by atoms with Gasteiger partial charge in [0.15, 0.2) is 6.29 Å². The lowest BCUT2D eigenvalue weighted by Crippen LogP contribution is -2.60. The van der Waals surface area contributed by atoms with Gasteiger partial charge >= 0.3 is 0 Å². The van der Waals surface area contributed by atoms with Crippen molar-refractivity contribution in [2.24, 2.45) is 50.7 Å². The number of aliphatic hydroxyl groups is 1. The Morgan fingerprint density at radius 3 is 2.49 bits per heavy atom. The van der Waals surface area contributed by atoms with Crippen LogP contribution in [0.3, 0.4) is 0 Å². The van der Waals surface area contributed by atoms with Crippen LogP contribution in [0.5, 0.6) is 0 Å². The van der Waals surface area contributed by atoms with Crippen LogP contribution in [-0.4, -0.2) is 80.2 Å². The molecular formula is C33H53NO5. The Balaban J connectivity index is 1.05. The molecule has 0 radical (unpaired) electrons. The van der Waals surface area contributed by atoms with Crippen molar-refractivity contribution in [3.63, 3.8) is 0 Å². The summed E-state index contributed by atoms with van der Waals surface area (Å²) in [6.45, 7) is 17.6. The average molecular weight is 544 g/mol. The van der Waals surface area contributed by atoms with Crippen molar-refractivity contribution in [2.75, 3.05) is 39.5 Å². The second kappa shape index (κ2) is 8.44. The third-order valence-corrected chi connectivity index (χ3v) is 15.1. The zero-order valence-corrected chi connectivity index (χ0v) is 25.1. The second-order valence-corrected chi connectivity index (χ2v) is 16.4. The molecule has 0 aromatic rings. The molecule has 0 aromatic heterocycles. The fourth-order valence-electron chi connectivity index (χ4n) is 13.2. The Morgan fingerprint density at radius 2 is 1.64 bits per heavy atom. The molecule has 2 spiro atoms. The number of morpholine rings is 1. The molecule has 6 heteroatoms. The van der Waals surface area contributed by atoms with E-state index in [1.54, 1.807) is 0 Å². The molecule has 0 amide bonds. The fourth-order valence-corrected chi connectivity index (χ4v) is 13.2. The minimum Gasteiger partial charge on any atom is -0.390 e. The number of hydrogen-bond donors (Lipinski definition) is 1. The van der Waals surface area contributed by atoms with E-state index in [0.717, 1.165) is 45.7 Å². The van der Waals surface area contributed by atoms with E-state index < -0.39 is 0 Å². The van der Waals surface area contributed by atoms with E-state index in [1.165, 1.54) is 38.5 Å². The van der Waals surface area contributed by atoms with Gasteiger partial charge in [0.1, 0.15) is 0 Å². The van der Waals surface area contributed by atoms with Gasteiger partial charge in [0, 0.05) is 31.7 Å². The summed E-state index contributed by atoms with van der Waals surface area (Å²) in [6.07, 6.45) is 10.1. The molecule has 0 aromatic carbocycles. The quantitative estimate of drug-likeness (QED) is 0.536. The van der Waals surface area contributed by atoms with Crippen LogP contribution in [-0.2, 0) is 18.9 Å². The number of hydrogen-bond acceptors (Lipinski definition) is 6. The van der Waals surface area contributed by atoms with E-state index >= 15 is 0 Å². The summed E-state index contributed by atoms with van der Waals surface area (Å²) < 4.78 is 25.5. The van der Waals surface area contributed by atoms with E-state index in [4.69, 9.17) is 18.9 Å². The SMILES string of the molecule is C[C@@H]1CCOC2[C@H]1C1(C)CCC34CC35CCC(OC3CN6CCO[C@H](CO3)C6)C(C)(C)[C@@H]5CCC4[C@]1(C)[C@H]2O. The Kier molecular flexibility index (Phi) is 5.71. The summed E-state index contributed by atoms with van der Waals surface area (Å²) in [5, 5.41) is 12.1. The third kappa shape index (κ3) is 3.20. The molecule has 5 saturated carbocycles. The third-order valence-electron chi connectivity index (χ3n) is 15.1. The molecule has 8 fully saturated rings. The minimum absolute atomic E-state index is 0.0343. The van der Waals surface area contributed by atoms with Crippen LogP contribution in [0, 0.1) is 50.7 Å². The first-order valence-corrected chi connectivity index (χ1v) is 16.5. The van der Waals surface area contributed by atoms with Crippen LogP contribution in [0.4, 0.5) is 0 Å². The van der Waals surface area contributed by atoms with Gasteiger partial charge in [-0.1, -0.05) is 34.6 Å². The lowest BCUT2D eigenvalue weighted by molar-refractivity contribution is -0.234. The van der Waals surface area contributed by atoms with Crippen LogP contribution < -0.4 is 0 Å². The maximum absolute atomic E-state index is 12.1. The van der Waals surface area contributed by atoms with Crippen LogP contribution in [0.1, 0.15) is 86.0 Å². The first-order valence-electron chi connectivity index (χ1n) is 16.5. The van der Waals surface area contributed by atoms with Gasteiger partial charge in [-0.3, -0.25) is 4.90 Å². The summed E-state index contributed by atoms with van der Waals surface area (Å²) in [6, 6.07) is 0. The Labute approximate surface area is 235 Å². The number of rotatable bonds is 2. The zero-order valence-electron chi connectivity index (χ0n) is 25.1. The predicted octanol–water partition coefficient (Wildman–Crippen LogP) is 4.87. The van der Waals surface area contributed by atoms with Crippen molar-refractivity contribution >= 4 is 0 Å². The average Bonchev–Trinajstić information content (AvgIpc) is 3.56. The molecule has 5 aliphatic carbocycles. The largest absolute Gasteiger partial charge is 0.390 e. The standard InChI is InChI=1S/C33H53NO5/c1-20-9-14-37-27-26(20)30(4)11-12-33-19-32(33)10-8-24(39-25-17-34-13-15-36-21(16-34)18-38-25)29(2,3)22(32)6-7-23(33)31(30,5)28(27)35/h20-28,35H,6-19H2,1-5H3/t20-,21+,22+,23?,24?,25?,26+,27?,28+,30?,31-,32?,33?/m1/s1. The number of ether oxygens (including phenoxy) is 4. The topological polar surface area (TPSA) is 60.4 Å². The number of fused-ring (bicyclic) bond motifs is 6. The summed E-state index contributed by atoms with van der Waals surface area (Å²) in [7, 11) is 0. The normalized spacial score (nSPS) is 61.1. The first kappa shape index (κ1) is 26.4. The molecule has 6 nitrogen and oxygen atoms in total. The minimum atomic E-state index is -0.329. The van der Waals surface area contributed by atoms with E-state index in [0.29, 0.717) is 41.1 Å². The van der Waals surface area contributed by atoms with Gasteiger partial charge < -0.3 is 24.1 Å². The summed E-state index contributed by atoms with van der Waals surface area (Å²) in [5.41, 5.74) is 1.09. The summed E-state index contributed by atoms with van der Waals surface area (Å²) in [4.78, 5) is 2.47. The molecule has 8 rings (SSSR count). The van der Waals surface area contributed by atoms with Gasteiger partial charge in [0.2, 0.25) is 0 Å². The maximum atomic E-state index is 12.1. The van der Waals surface area contributed by atoms with Gasteiger partial charge in [0.25, 0.3) is 0 Å². The molecule has 3 heterocycles. The van der Waals surface area contributed by atoms with Crippen LogP contribution in [0.25, 0.3) is 0 Å². The summed E-state index contributed by atoms with van der Waals surface area (Å²) in [5.74, 6) is 2.44. The molecule has 3 saturated heterocycles. The van der Waals surface area contributed by atoms with Crippen molar-refractivity contribution in [3.05, 3.63) is 0 Å². The van der Waals surface area contributed by atoms with E-state index in [-0.39, 0.29) is 47.0 Å². The van der Waals surface area contributed by atoms with Gasteiger partial charge in [-0.25, -0.2) is 0 Å². The summed E-state index contributed by atoms with van der Waals surface area (Å²) >= 11 is 0. The van der Waals surface area contributed by atoms with E-state index in [9.17, 15) is 5.11 Å². The molecule has 1 N–H and O–H groups in total. The van der Waals surface area contributed by atoms with Gasteiger partial charge in [-0.2, -0.15) is 0 Å². The Morgan fingerprint density at radius 1 is 0.846 bits per heavy atom. The van der Waals surface area contributed by atoms with Crippen molar-refractivity contribution in [2.45, 2.75) is 117 Å². The Hall–Kier alpha value is -0.240. The van der Waals surface area contributed by atoms with Crippen LogP contribution >= 0.6 is 0 Å². The lowest BCUT2D eigenvalue weighted by Gasteiger charge is -2.63. The van der Waals surface area contributed by atoms with E-state index in [2.05, 4.69) is 39.5 Å². The van der Waals surface area contributed by atoms with Crippen molar-refractivity contribution in [1.82, 2.24) is 4.90 Å². The fraction of sp³-hybridized carbons (Fsp3) is 1.00. The highest BCUT2D eigenvalue weighted by atomic mass is 16.7. The molecule has 2 bridgehead atoms. The predicted molar refractivity (Wildman–Crippen MR) is 148 cm³/mol. The monoisotopic (exact) mass is 543 g/mol. The highest BCUT2D eigenvalue weighted by Crippen LogP contribution is 2.89. The molecular weight excluding hydrogens is 490 g/mol. The van der Waals surface area contributed by atoms with Gasteiger partial charge in [-0.05, 0) is 96.7 Å². The number of aliphatic hydroxyl groups excluding tert-OH is 1. The maximum Gasteiger partial charge on any atom is 0.170 e. The van der Waals surface area contributed by atoms with Crippen molar-refractivity contribution in [3.8, 4) is 0 Å². The zero-order chi connectivity index (χ0) is 27.0. The molecule has 3 aliphatic heterocycles. The van der Waals surface area contributed by atoms with Crippen LogP contribution in [0.15, 0.2) is 0 Å². The first-order chi connectivity index (χ1) is 18.6. The highest BCUT2D eigenvalue weighted by molar-refractivity contribution is 5.32. The molecule has 39 heavy (non-hydrogen) atoms. The van der Waals surface area contributed by atoms with Crippen molar-refractivity contribution in [1.29, 1.82) is 0 Å². The van der Waals surface area contributed by atoms with Gasteiger partial charge in [0.05, 0.1) is 37.6 Å². The van der Waals surface area contributed by atoms with E-state index in [1.807, 2.05) is 0 Å². The lowest BCUT2D eigenvalue weighted by atomic mass is 9.41. The molecule has 8 aliphatic rings. The molecule has 8 unspecified atom stereocenters. The smallest absolute Gasteiger partial charge is 0.170 e. The van der Waals surface area contributed by atoms with Crippen molar-refractivity contribution < 1.29 is 24.1 Å².